The standard InChI is InChI=1S/C16H17N3O2/c1-17-16(21)13-9-5-6-10-14(13)18-11-15(20)19-12-7-3-2-4-8-12/h2-10,18H,11H2,1H3,(H,17,21)(H,19,20). The van der Waals surface area contributed by atoms with Crippen LogP contribution in [0.4, 0.5) is 11.4 Å². The SMILES string of the molecule is CNC(=O)c1ccccc1NCC(=O)Nc1ccccc1. The molecule has 0 heterocycles. The van der Waals surface area contributed by atoms with Crippen molar-refractivity contribution in [1.82, 2.24) is 5.32 Å². The van der Waals surface area contributed by atoms with Gasteiger partial charge < -0.3 is 16.0 Å². The average Bonchev–Trinajstić information content (AvgIpc) is 2.53. The second kappa shape index (κ2) is 7.09. The van der Waals surface area contributed by atoms with Crippen molar-refractivity contribution in [2.75, 3.05) is 24.2 Å². The highest BCUT2D eigenvalue weighted by atomic mass is 16.2. The molecule has 2 aromatic rings. The molecule has 2 rings (SSSR count). The van der Waals surface area contributed by atoms with Crippen LogP contribution < -0.4 is 16.0 Å². The van der Waals surface area contributed by atoms with E-state index in [2.05, 4.69) is 16.0 Å². The molecule has 0 radical (unpaired) electrons. The molecule has 5 nitrogen and oxygen atoms in total. The smallest absolute Gasteiger partial charge is 0.253 e. The van der Waals surface area contributed by atoms with E-state index in [1.807, 2.05) is 36.4 Å². The minimum absolute atomic E-state index is 0.0862. The lowest BCUT2D eigenvalue weighted by molar-refractivity contribution is -0.114. The van der Waals surface area contributed by atoms with Crippen molar-refractivity contribution in [3.8, 4) is 0 Å². The van der Waals surface area contributed by atoms with Crippen molar-refractivity contribution in [3.63, 3.8) is 0 Å². The zero-order valence-electron chi connectivity index (χ0n) is 11.7. The molecule has 21 heavy (non-hydrogen) atoms. The van der Waals surface area contributed by atoms with Gasteiger partial charge in [0.25, 0.3) is 5.91 Å². The molecule has 0 unspecified atom stereocenters. The molecule has 2 aromatic carbocycles. The van der Waals surface area contributed by atoms with E-state index < -0.39 is 0 Å². The Morgan fingerprint density at radius 2 is 1.62 bits per heavy atom. The van der Waals surface area contributed by atoms with Gasteiger partial charge in [-0.15, -0.1) is 0 Å². The summed E-state index contributed by atoms with van der Waals surface area (Å²) < 4.78 is 0. The van der Waals surface area contributed by atoms with Gasteiger partial charge in [-0.2, -0.15) is 0 Å². The first-order valence-corrected chi connectivity index (χ1v) is 6.60. The second-order valence-corrected chi connectivity index (χ2v) is 4.39. The molecule has 0 bridgehead atoms. The number of hydrogen-bond acceptors (Lipinski definition) is 3. The maximum atomic E-state index is 11.9. The number of hydrogen-bond donors (Lipinski definition) is 3. The summed E-state index contributed by atoms with van der Waals surface area (Å²) in [5.41, 5.74) is 1.87. The van der Waals surface area contributed by atoms with Crippen molar-refractivity contribution in [2.24, 2.45) is 0 Å². The highest BCUT2D eigenvalue weighted by molar-refractivity contribution is 6.00. The highest BCUT2D eigenvalue weighted by Gasteiger charge is 2.10. The van der Waals surface area contributed by atoms with E-state index in [0.29, 0.717) is 11.3 Å². The van der Waals surface area contributed by atoms with Gasteiger partial charge in [-0.05, 0) is 24.3 Å². The van der Waals surface area contributed by atoms with Gasteiger partial charge in [0.1, 0.15) is 0 Å². The Bertz CT molecular complexity index is 626. The molecule has 0 saturated carbocycles. The molecule has 0 aliphatic heterocycles. The monoisotopic (exact) mass is 283 g/mol. The summed E-state index contributed by atoms with van der Waals surface area (Å²) >= 11 is 0. The van der Waals surface area contributed by atoms with E-state index in [1.165, 1.54) is 0 Å². The average molecular weight is 283 g/mol. The van der Waals surface area contributed by atoms with Crippen LogP contribution in [0.5, 0.6) is 0 Å². The van der Waals surface area contributed by atoms with Crippen molar-refractivity contribution < 1.29 is 9.59 Å². The Hall–Kier alpha value is -2.82. The number of nitrogens with one attached hydrogen (secondary N) is 3. The topological polar surface area (TPSA) is 70.2 Å². The van der Waals surface area contributed by atoms with Gasteiger partial charge in [-0.3, -0.25) is 9.59 Å². The molecule has 0 fully saturated rings. The maximum Gasteiger partial charge on any atom is 0.253 e. The molecule has 0 aliphatic carbocycles. The van der Waals surface area contributed by atoms with E-state index in [-0.39, 0.29) is 18.4 Å². The summed E-state index contributed by atoms with van der Waals surface area (Å²) in [4.78, 5) is 23.6. The van der Waals surface area contributed by atoms with Crippen LogP contribution in [-0.2, 0) is 4.79 Å². The molecule has 108 valence electrons. The van der Waals surface area contributed by atoms with Crippen molar-refractivity contribution in [1.29, 1.82) is 0 Å². The van der Waals surface area contributed by atoms with Gasteiger partial charge in [0.05, 0.1) is 12.1 Å². The fourth-order valence-corrected chi connectivity index (χ4v) is 1.87. The number of anilines is 2. The van der Waals surface area contributed by atoms with Gasteiger partial charge in [0, 0.05) is 18.4 Å². The van der Waals surface area contributed by atoms with Crippen LogP contribution in [0.25, 0.3) is 0 Å². The number of amides is 2. The van der Waals surface area contributed by atoms with Crippen molar-refractivity contribution in [2.45, 2.75) is 0 Å². The maximum absolute atomic E-state index is 11.9. The molecule has 2 amide bonds. The first kappa shape index (κ1) is 14.6. The third kappa shape index (κ3) is 4.07. The molecular formula is C16H17N3O2. The quantitative estimate of drug-likeness (QED) is 0.787. The normalized spacial score (nSPS) is 9.76. The summed E-state index contributed by atoms with van der Waals surface area (Å²) in [5.74, 6) is -0.366. The molecule has 0 spiro atoms. The van der Waals surface area contributed by atoms with E-state index in [4.69, 9.17) is 0 Å². The number of rotatable bonds is 5. The Morgan fingerprint density at radius 3 is 2.33 bits per heavy atom. The lowest BCUT2D eigenvalue weighted by Crippen LogP contribution is -2.24. The van der Waals surface area contributed by atoms with Crippen LogP contribution in [0.2, 0.25) is 0 Å². The molecule has 3 N–H and O–H groups in total. The molecule has 0 atom stereocenters. The largest absolute Gasteiger partial charge is 0.376 e. The summed E-state index contributed by atoms with van der Waals surface area (Å²) in [7, 11) is 1.57. The van der Waals surface area contributed by atoms with E-state index >= 15 is 0 Å². The number of carbonyl (C=O) groups excluding carboxylic acids is 2. The van der Waals surface area contributed by atoms with Gasteiger partial charge in [-0.25, -0.2) is 0 Å². The fourth-order valence-electron chi connectivity index (χ4n) is 1.87. The first-order valence-electron chi connectivity index (χ1n) is 6.60. The summed E-state index contributed by atoms with van der Waals surface area (Å²) in [5, 5.41) is 8.32. The number of benzene rings is 2. The summed E-state index contributed by atoms with van der Waals surface area (Å²) in [6, 6.07) is 16.3. The van der Waals surface area contributed by atoms with E-state index in [9.17, 15) is 9.59 Å². The summed E-state index contributed by atoms with van der Waals surface area (Å²) in [6.07, 6.45) is 0. The van der Waals surface area contributed by atoms with Gasteiger partial charge in [-0.1, -0.05) is 30.3 Å². The van der Waals surface area contributed by atoms with Crippen LogP contribution in [0.3, 0.4) is 0 Å². The Labute approximate surface area is 123 Å². The lowest BCUT2D eigenvalue weighted by atomic mass is 10.1. The third-order valence-electron chi connectivity index (χ3n) is 2.90. The number of carbonyl (C=O) groups is 2. The minimum Gasteiger partial charge on any atom is -0.376 e. The van der Waals surface area contributed by atoms with Crippen LogP contribution in [0.15, 0.2) is 54.6 Å². The molecular weight excluding hydrogens is 266 g/mol. The van der Waals surface area contributed by atoms with Gasteiger partial charge >= 0.3 is 0 Å². The van der Waals surface area contributed by atoms with E-state index in [1.54, 1.807) is 25.2 Å². The zero-order chi connectivity index (χ0) is 15.1. The zero-order valence-corrected chi connectivity index (χ0v) is 11.7. The molecule has 0 aromatic heterocycles. The Morgan fingerprint density at radius 1 is 0.952 bits per heavy atom. The fraction of sp³-hybridized carbons (Fsp3) is 0.125. The Balaban J connectivity index is 1.97. The minimum atomic E-state index is -0.193. The van der Waals surface area contributed by atoms with Gasteiger partial charge in [0.15, 0.2) is 0 Å². The molecule has 0 aliphatic rings. The lowest BCUT2D eigenvalue weighted by Gasteiger charge is -2.11. The Kier molecular flexibility index (Phi) is 4.93. The third-order valence-corrected chi connectivity index (χ3v) is 2.90. The van der Waals surface area contributed by atoms with E-state index in [0.717, 1.165) is 5.69 Å². The van der Waals surface area contributed by atoms with Crippen LogP contribution in [-0.4, -0.2) is 25.4 Å². The van der Waals surface area contributed by atoms with Crippen LogP contribution in [0.1, 0.15) is 10.4 Å². The molecule has 0 saturated heterocycles. The van der Waals surface area contributed by atoms with Crippen molar-refractivity contribution in [3.05, 3.63) is 60.2 Å². The predicted molar refractivity (Wildman–Crippen MR) is 83.4 cm³/mol. The number of para-hydroxylation sites is 2. The van der Waals surface area contributed by atoms with Crippen LogP contribution >= 0.6 is 0 Å². The highest BCUT2D eigenvalue weighted by Crippen LogP contribution is 2.14. The van der Waals surface area contributed by atoms with Crippen molar-refractivity contribution >= 4 is 23.2 Å². The predicted octanol–water partition coefficient (Wildman–Crippen LogP) is 2.10. The second-order valence-electron chi connectivity index (χ2n) is 4.39. The summed E-state index contributed by atoms with van der Waals surface area (Å²) in [6.45, 7) is 0.0862. The molecule has 5 heteroatoms. The van der Waals surface area contributed by atoms with Gasteiger partial charge in [0.2, 0.25) is 5.91 Å². The first-order chi connectivity index (χ1) is 10.2. The van der Waals surface area contributed by atoms with Crippen LogP contribution in [0, 0.1) is 0 Å².